The summed E-state index contributed by atoms with van der Waals surface area (Å²) in [6.07, 6.45) is 0. The van der Waals surface area contributed by atoms with Crippen LogP contribution in [-0.4, -0.2) is 78.8 Å². The average molecular weight is 543 g/mol. The first-order chi connectivity index (χ1) is 17.5. The molecule has 4 aliphatic rings. The number of halogens is 1. The minimum atomic E-state index is -0.591. The molecular formula is C26H31BFN4O7. The summed E-state index contributed by atoms with van der Waals surface area (Å²) in [4.78, 5) is 48.0. The van der Waals surface area contributed by atoms with Crippen molar-refractivity contribution in [2.24, 2.45) is 23.7 Å². The third-order valence-corrected chi connectivity index (χ3v) is 8.96. The number of carbonyl (C=O) groups is 2. The summed E-state index contributed by atoms with van der Waals surface area (Å²) in [5.74, 6) is -0.240. The van der Waals surface area contributed by atoms with Gasteiger partial charge in [0.1, 0.15) is 0 Å². The number of hydrogen-bond donors (Lipinski definition) is 1. The van der Waals surface area contributed by atoms with Crippen molar-refractivity contribution in [1.29, 1.82) is 0 Å². The van der Waals surface area contributed by atoms with E-state index in [0.29, 0.717) is 17.4 Å². The summed E-state index contributed by atoms with van der Waals surface area (Å²) in [5, 5.41) is 31.4. The molecule has 2 aliphatic heterocycles. The molecule has 2 aromatic carbocycles. The third kappa shape index (κ3) is 4.29. The van der Waals surface area contributed by atoms with E-state index in [-0.39, 0.29) is 66.5 Å². The summed E-state index contributed by atoms with van der Waals surface area (Å²) in [7, 11) is 3.55. The van der Waals surface area contributed by atoms with Crippen molar-refractivity contribution in [2.75, 3.05) is 33.8 Å². The van der Waals surface area contributed by atoms with E-state index in [1.807, 2.05) is 13.0 Å². The van der Waals surface area contributed by atoms with Crippen LogP contribution in [0.4, 0.5) is 16.1 Å². The van der Waals surface area contributed by atoms with E-state index in [1.54, 1.807) is 24.3 Å². The molecular weight excluding hydrogens is 510 g/mol. The number of aliphatic hydroxyl groups excluding tert-OH is 1. The Labute approximate surface area is 227 Å². The van der Waals surface area contributed by atoms with E-state index >= 15 is 0 Å². The smallest absolute Gasteiger partial charge is 0.269 e. The maximum absolute atomic E-state index is 11.9. The molecule has 0 bridgehead atoms. The van der Waals surface area contributed by atoms with E-state index in [2.05, 4.69) is 11.9 Å². The van der Waals surface area contributed by atoms with Gasteiger partial charge in [-0.3, -0.25) is 39.4 Å². The Kier molecular flexibility index (Phi) is 7.74. The summed E-state index contributed by atoms with van der Waals surface area (Å²) in [6.45, 7) is 3.84. The number of imide groups is 1. The lowest BCUT2D eigenvalue weighted by Gasteiger charge is -2.22. The van der Waals surface area contributed by atoms with E-state index in [1.165, 1.54) is 25.2 Å². The highest BCUT2D eigenvalue weighted by atomic mass is 19.0. The number of likely N-dealkylation sites (tertiary alicyclic amines) is 2. The molecule has 6 atom stereocenters. The predicted molar refractivity (Wildman–Crippen MR) is 142 cm³/mol. The Morgan fingerprint density at radius 3 is 1.79 bits per heavy atom. The number of nitrogens with zero attached hydrogens (tertiary/aromatic N) is 4. The summed E-state index contributed by atoms with van der Waals surface area (Å²) in [5.41, 5.74) is 0.870. The van der Waals surface area contributed by atoms with Crippen molar-refractivity contribution in [3.63, 3.8) is 0 Å². The topological polar surface area (TPSA) is 147 Å². The minimum Gasteiger partial charge on any atom is -0.395 e. The highest BCUT2D eigenvalue weighted by Crippen LogP contribution is 2.64. The van der Waals surface area contributed by atoms with E-state index in [0.717, 1.165) is 23.6 Å². The molecule has 2 aliphatic carbocycles. The SMILES string of the molecule is CN1C(=O)[C@@H]2[C@H](C1=O)C2(C)c1cccc([N+](=O)[O-])c1.CN1C[C@@H]2[C@H](C1)C2(CO)c1cccc([N+](=O)[O-])c1.F.[3HH].[B]. The molecule has 2 aromatic rings. The van der Waals surface area contributed by atoms with Gasteiger partial charge in [-0.05, 0) is 30.0 Å². The molecule has 2 saturated carbocycles. The van der Waals surface area contributed by atoms with Crippen LogP contribution in [-0.2, 0) is 20.4 Å². The van der Waals surface area contributed by atoms with Crippen LogP contribution in [0.25, 0.3) is 0 Å². The van der Waals surface area contributed by atoms with Crippen LogP contribution < -0.4 is 0 Å². The summed E-state index contributed by atoms with van der Waals surface area (Å²) < 4.78 is 0. The van der Waals surface area contributed by atoms with E-state index in [4.69, 9.17) is 0 Å². The average Bonchev–Trinajstić information content (AvgIpc) is 3.60. The molecule has 13 heteroatoms. The normalized spacial score (nSPS) is 31.6. The zero-order valence-electron chi connectivity index (χ0n) is 21.7. The second-order valence-electron chi connectivity index (χ2n) is 10.7. The van der Waals surface area contributed by atoms with Gasteiger partial charge in [-0.1, -0.05) is 31.2 Å². The van der Waals surface area contributed by atoms with Gasteiger partial charge in [0.15, 0.2) is 0 Å². The largest absolute Gasteiger partial charge is 0.395 e. The minimum absolute atomic E-state index is 0. The number of benzene rings is 2. The first-order valence-electron chi connectivity index (χ1n) is 12.1. The van der Waals surface area contributed by atoms with Gasteiger partial charge < -0.3 is 10.0 Å². The van der Waals surface area contributed by atoms with Gasteiger partial charge in [-0.15, -0.1) is 0 Å². The second-order valence-corrected chi connectivity index (χ2v) is 10.7. The lowest BCUT2D eigenvalue weighted by molar-refractivity contribution is -0.385. The second kappa shape index (κ2) is 10.1. The van der Waals surface area contributed by atoms with Crippen molar-refractivity contribution in [3.05, 3.63) is 79.9 Å². The highest BCUT2D eigenvalue weighted by Gasteiger charge is 2.75. The van der Waals surface area contributed by atoms with Crippen molar-refractivity contribution >= 4 is 31.6 Å². The molecule has 0 aromatic heterocycles. The van der Waals surface area contributed by atoms with Crippen LogP contribution in [0.3, 0.4) is 0 Å². The van der Waals surface area contributed by atoms with Crippen molar-refractivity contribution < 1.29 is 30.7 Å². The molecule has 2 heterocycles. The van der Waals surface area contributed by atoms with Crippen LogP contribution in [0.1, 0.15) is 19.5 Å². The molecule has 6 rings (SSSR count). The molecule has 2 unspecified atom stereocenters. The van der Waals surface area contributed by atoms with Crippen LogP contribution in [0.2, 0.25) is 0 Å². The number of non-ortho nitro benzene ring substituents is 2. The standard InChI is InChI=1S/C13H12N2O4.C13H16N2O3.B.FH.H2/c1-13(7-4-3-5-8(6-7)15(18)19)9-10(13)12(17)14(2)11(9)16;1-14-6-11-12(7-14)13(11,8-16)9-3-2-4-10(5-9)15(17)18;;;/h3-6,9-10H,1-2H3;2-5,11-12,16H,6-8H2,1H3;;2*1H/t9-,10+,13?;11-,12+,13?;;;/i;;;;1+2. The van der Waals surface area contributed by atoms with Gasteiger partial charge in [0.2, 0.25) is 11.8 Å². The number of amides is 2. The zero-order valence-corrected chi connectivity index (χ0v) is 21.7. The lowest BCUT2D eigenvalue weighted by Crippen LogP contribution is -2.34. The fraction of sp³-hybridized carbons (Fsp3) is 0.462. The fourth-order valence-corrected chi connectivity index (χ4v) is 6.74. The molecule has 2 saturated heterocycles. The van der Waals surface area contributed by atoms with E-state index < -0.39 is 10.3 Å². The maximum atomic E-state index is 11.9. The number of piperidine rings is 2. The van der Waals surface area contributed by atoms with Gasteiger partial charge in [-0.25, -0.2) is 0 Å². The van der Waals surface area contributed by atoms with Crippen molar-refractivity contribution in [1.82, 2.24) is 9.80 Å². The third-order valence-electron chi connectivity index (χ3n) is 8.96. The molecule has 0 spiro atoms. The quantitative estimate of drug-likeness (QED) is 0.261. The van der Waals surface area contributed by atoms with Crippen molar-refractivity contribution in [3.8, 4) is 0 Å². The molecule has 11 nitrogen and oxygen atoms in total. The summed E-state index contributed by atoms with van der Waals surface area (Å²) >= 11 is 0. The molecule has 4 fully saturated rings. The number of fused-ring (bicyclic) bond motifs is 2. The Hall–Kier alpha value is -3.71. The fourth-order valence-electron chi connectivity index (χ4n) is 6.74. The monoisotopic (exact) mass is 543 g/mol. The Morgan fingerprint density at radius 1 is 0.923 bits per heavy atom. The molecule has 1 N–H and O–H groups in total. The Balaban J connectivity index is 0.000000261. The number of carbonyl (C=O) groups excluding carboxylic acids is 2. The number of nitro benzene ring substituents is 2. The van der Waals surface area contributed by atoms with Gasteiger partial charge in [0, 0.05) is 65.1 Å². The van der Waals surface area contributed by atoms with Crippen LogP contribution in [0.15, 0.2) is 48.5 Å². The van der Waals surface area contributed by atoms with Crippen molar-refractivity contribution in [2.45, 2.75) is 17.8 Å². The van der Waals surface area contributed by atoms with Gasteiger partial charge in [0.25, 0.3) is 11.4 Å². The van der Waals surface area contributed by atoms with Gasteiger partial charge in [0.05, 0.1) is 28.3 Å². The Morgan fingerprint density at radius 2 is 1.36 bits per heavy atom. The molecule has 207 valence electrons. The molecule has 3 radical (unpaired) electrons. The number of hydrogen-bond acceptors (Lipinski definition) is 8. The highest BCUT2D eigenvalue weighted by molar-refractivity contribution is 6.11. The first-order valence-corrected chi connectivity index (χ1v) is 12.1. The zero-order chi connectivity index (χ0) is 26.9. The number of aliphatic hydroxyl groups is 1. The maximum Gasteiger partial charge on any atom is 0.269 e. The van der Waals surface area contributed by atoms with Crippen LogP contribution >= 0.6 is 0 Å². The first kappa shape index (κ1) is 29.8. The van der Waals surface area contributed by atoms with Gasteiger partial charge in [-0.2, -0.15) is 0 Å². The number of rotatable bonds is 5. The molecule has 39 heavy (non-hydrogen) atoms. The Bertz CT molecular complexity index is 1310. The van der Waals surface area contributed by atoms with Gasteiger partial charge >= 0.3 is 0 Å². The van der Waals surface area contributed by atoms with Crippen LogP contribution in [0, 0.1) is 43.9 Å². The number of nitro groups is 2. The molecule has 2 amide bonds. The van der Waals surface area contributed by atoms with E-state index in [9.17, 15) is 34.9 Å². The predicted octanol–water partition coefficient (Wildman–Crippen LogP) is 2.13. The van der Waals surface area contributed by atoms with Crippen LogP contribution in [0.5, 0.6) is 0 Å². The summed E-state index contributed by atoms with van der Waals surface area (Å²) in [6, 6.07) is 12.9. The lowest BCUT2D eigenvalue weighted by atomic mass is 9.90.